The van der Waals surface area contributed by atoms with Gasteiger partial charge in [0.05, 0.1) is 0 Å². The molecule has 0 N–H and O–H groups in total. The third-order valence-corrected chi connectivity index (χ3v) is 3.31. The molecule has 0 bridgehead atoms. The molecule has 109 valence electrons. The number of allylic oxidation sites excluding steroid dienone is 2. The van der Waals surface area contributed by atoms with Gasteiger partial charge in [0.1, 0.15) is 0 Å². The van der Waals surface area contributed by atoms with Crippen molar-refractivity contribution < 1.29 is 24.1 Å². The van der Waals surface area contributed by atoms with Crippen LogP contribution in [0.4, 0.5) is 0 Å². The van der Waals surface area contributed by atoms with Crippen LogP contribution in [0, 0.1) is 0 Å². The molecular weight excluding hydrogens is 329 g/mol. The van der Waals surface area contributed by atoms with E-state index in [2.05, 4.69) is 55.4 Å². The van der Waals surface area contributed by atoms with Gasteiger partial charge in [0, 0.05) is 0 Å². The zero-order chi connectivity index (χ0) is 13.0. The fraction of sp³-hybridized carbons (Fsp3) is 0.333. The molecule has 1 aliphatic carbocycles. The molecule has 1 aliphatic rings. The number of likely N-dealkylation sites (N-methyl/N-ethyl adjacent to an activating group) is 1. The van der Waals surface area contributed by atoms with E-state index in [4.69, 9.17) is 3.32 Å². The van der Waals surface area contributed by atoms with E-state index >= 15 is 0 Å². The summed E-state index contributed by atoms with van der Waals surface area (Å²) in [5.41, 5.74) is 5.47. The van der Waals surface area contributed by atoms with Crippen LogP contribution < -0.4 is 0 Å². The average Bonchev–Trinajstić information content (AvgIpc) is 2.77. The van der Waals surface area contributed by atoms with Crippen molar-refractivity contribution in [1.82, 2.24) is 4.90 Å². The van der Waals surface area contributed by atoms with Crippen molar-refractivity contribution in [3.8, 4) is 0 Å². The van der Waals surface area contributed by atoms with E-state index in [9.17, 15) is 0 Å². The summed E-state index contributed by atoms with van der Waals surface area (Å²) in [5, 5.41) is 0. The fourth-order valence-corrected chi connectivity index (χ4v) is 2.58. The molecule has 0 spiro atoms. The Labute approximate surface area is 146 Å². The Morgan fingerprint density at radius 3 is 2.55 bits per heavy atom. The van der Waals surface area contributed by atoms with Gasteiger partial charge in [-0.05, 0) is 0 Å². The van der Waals surface area contributed by atoms with Gasteiger partial charge in [-0.25, -0.2) is 0 Å². The summed E-state index contributed by atoms with van der Waals surface area (Å²) in [6.45, 7) is 1.67. The van der Waals surface area contributed by atoms with E-state index in [1.54, 1.807) is 20.8 Å². The van der Waals surface area contributed by atoms with E-state index in [0.717, 1.165) is 13.0 Å². The number of rotatable bonds is 5. The molecule has 0 atom stereocenters. The third-order valence-electron chi connectivity index (χ3n) is 3.09. The van der Waals surface area contributed by atoms with E-state index in [-0.39, 0.29) is 24.8 Å². The SMILES string of the molecule is CN(C)CC1=C(c2ccccc2C[O][Ti])CC=C1.Cl.Cl. The maximum absolute atomic E-state index is 5.29. The number of benzene rings is 1. The van der Waals surface area contributed by atoms with E-state index in [1.165, 1.54) is 22.3 Å². The molecule has 2 rings (SSSR count). The molecule has 0 heterocycles. The maximum Gasteiger partial charge on any atom is -0.147 e. The minimum absolute atomic E-state index is 0. The standard InChI is InChI=1S/C15H18NO.2ClH.Ti/c1-16(2)10-12-7-5-9-14(12)15-8-4-3-6-13(15)11-17;;;/h3-8H,9-11H2,1-2H3;2*1H;/q-1;;;+1. The zero-order valence-corrected chi connectivity index (χ0v) is 15.0. The second kappa shape index (κ2) is 9.78. The summed E-state index contributed by atoms with van der Waals surface area (Å²) in [4.78, 5) is 2.21. The first-order valence-corrected chi connectivity index (χ1v) is 6.76. The van der Waals surface area contributed by atoms with Crippen LogP contribution in [0.3, 0.4) is 0 Å². The molecule has 0 saturated carbocycles. The molecule has 0 unspecified atom stereocenters. The van der Waals surface area contributed by atoms with Crippen LogP contribution >= 0.6 is 24.8 Å². The van der Waals surface area contributed by atoms with Gasteiger partial charge >= 0.3 is 121 Å². The first-order chi connectivity index (χ1) is 8.72. The van der Waals surface area contributed by atoms with Crippen molar-refractivity contribution in [2.45, 2.75) is 13.0 Å². The molecule has 0 aromatic heterocycles. The Morgan fingerprint density at radius 2 is 1.90 bits per heavy atom. The number of halogens is 2. The van der Waals surface area contributed by atoms with Crippen LogP contribution in [-0.2, 0) is 30.7 Å². The second-order valence-electron chi connectivity index (χ2n) is 4.79. The molecule has 0 amide bonds. The monoisotopic (exact) mass is 348 g/mol. The molecular formula is C15H20Cl2NOTi. The van der Waals surface area contributed by atoms with E-state index in [0.29, 0.717) is 6.61 Å². The molecule has 0 saturated heterocycles. The van der Waals surface area contributed by atoms with Crippen molar-refractivity contribution in [2.75, 3.05) is 20.6 Å². The smallest absolute Gasteiger partial charge is 0.147 e. The van der Waals surface area contributed by atoms with Crippen molar-refractivity contribution in [3.63, 3.8) is 0 Å². The molecule has 1 aromatic rings. The van der Waals surface area contributed by atoms with Crippen molar-refractivity contribution in [1.29, 1.82) is 0 Å². The van der Waals surface area contributed by atoms with Crippen LogP contribution in [0.15, 0.2) is 42.0 Å². The van der Waals surface area contributed by atoms with Gasteiger partial charge in [0.2, 0.25) is 0 Å². The van der Waals surface area contributed by atoms with Crippen molar-refractivity contribution in [2.24, 2.45) is 0 Å². The molecule has 0 radical (unpaired) electrons. The number of hydrogen-bond donors (Lipinski definition) is 0. The quantitative estimate of drug-likeness (QED) is 0.751. The third kappa shape index (κ3) is 5.03. The number of nitrogens with zero attached hydrogens (tertiary/aromatic N) is 1. The minimum Gasteiger partial charge on any atom is -0.147 e. The fourth-order valence-electron chi connectivity index (χ4n) is 2.34. The normalized spacial score (nSPS) is 13.3. The number of hydrogen-bond acceptors (Lipinski definition) is 2. The Hall–Kier alpha value is -0.0857. The summed E-state index contributed by atoms with van der Waals surface area (Å²) in [6, 6.07) is 8.53. The van der Waals surface area contributed by atoms with E-state index < -0.39 is 0 Å². The van der Waals surface area contributed by atoms with Gasteiger partial charge in [-0.3, -0.25) is 0 Å². The summed E-state index contributed by atoms with van der Waals surface area (Å²) in [6.07, 6.45) is 5.53. The molecule has 20 heavy (non-hydrogen) atoms. The molecule has 0 aliphatic heterocycles. The first-order valence-electron chi connectivity index (χ1n) is 6.12. The second-order valence-corrected chi connectivity index (χ2v) is 5.24. The van der Waals surface area contributed by atoms with Crippen LogP contribution in [0.5, 0.6) is 0 Å². The van der Waals surface area contributed by atoms with Crippen molar-refractivity contribution >= 4 is 30.4 Å². The van der Waals surface area contributed by atoms with Gasteiger partial charge in [-0.2, -0.15) is 0 Å². The van der Waals surface area contributed by atoms with E-state index in [1.807, 2.05) is 0 Å². The molecule has 1 aromatic carbocycles. The van der Waals surface area contributed by atoms with Crippen LogP contribution in [0.1, 0.15) is 17.5 Å². The van der Waals surface area contributed by atoms with Gasteiger partial charge in [-0.15, -0.1) is 24.8 Å². The Balaban J connectivity index is 0.00000180. The minimum atomic E-state index is 0. The van der Waals surface area contributed by atoms with Gasteiger partial charge in [-0.1, -0.05) is 0 Å². The topological polar surface area (TPSA) is 12.5 Å². The predicted octanol–water partition coefficient (Wildman–Crippen LogP) is 3.78. The van der Waals surface area contributed by atoms with Crippen LogP contribution in [-0.4, -0.2) is 25.5 Å². The van der Waals surface area contributed by atoms with Crippen LogP contribution in [0.25, 0.3) is 5.57 Å². The Bertz CT molecular complexity index is 487. The van der Waals surface area contributed by atoms with Gasteiger partial charge in [0.15, 0.2) is 0 Å². The summed E-state index contributed by atoms with van der Waals surface area (Å²) in [7, 11) is 4.22. The maximum atomic E-state index is 5.29. The van der Waals surface area contributed by atoms with Gasteiger partial charge in [0.25, 0.3) is 0 Å². The molecule has 0 fully saturated rings. The average molecular weight is 349 g/mol. The molecule has 5 heteroatoms. The zero-order valence-electron chi connectivity index (χ0n) is 11.8. The Morgan fingerprint density at radius 1 is 1.20 bits per heavy atom. The summed E-state index contributed by atoms with van der Waals surface area (Å²) in [5.74, 6) is 0. The van der Waals surface area contributed by atoms with Crippen LogP contribution in [0.2, 0.25) is 0 Å². The first kappa shape index (κ1) is 19.9. The molecule has 2 nitrogen and oxygen atoms in total. The van der Waals surface area contributed by atoms with Crippen molar-refractivity contribution in [3.05, 3.63) is 53.1 Å². The Kier molecular flexibility index (Phi) is 9.74. The predicted molar refractivity (Wildman–Crippen MR) is 85.0 cm³/mol. The van der Waals surface area contributed by atoms with Gasteiger partial charge < -0.3 is 0 Å². The summed E-state index contributed by atoms with van der Waals surface area (Å²) >= 11 is 1.75. The summed E-state index contributed by atoms with van der Waals surface area (Å²) < 4.78 is 5.29. The largest absolute Gasteiger partial charge is 0.147 e.